The molecule has 0 bridgehead atoms. The number of aliphatic hydroxyl groups is 2. The Bertz CT molecular complexity index is 923. The fourth-order valence-corrected chi connectivity index (χ4v) is 7.79. The van der Waals surface area contributed by atoms with Crippen LogP contribution in [0.4, 0.5) is 0 Å². The summed E-state index contributed by atoms with van der Waals surface area (Å²) in [6, 6.07) is -0.649. The van der Waals surface area contributed by atoms with Crippen molar-refractivity contribution in [2.45, 2.75) is 283 Å². The van der Waals surface area contributed by atoms with Gasteiger partial charge in [-0.2, -0.15) is 0 Å². The summed E-state index contributed by atoms with van der Waals surface area (Å²) in [5.41, 5.74) is 0. The molecular formula is C54H101NO3. The number of allylic oxidation sites excluding steroid dienone is 7. The second-order valence-corrected chi connectivity index (χ2v) is 17.6. The van der Waals surface area contributed by atoms with Crippen molar-refractivity contribution in [3.63, 3.8) is 0 Å². The molecule has 0 rings (SSSR count). The number of hydrogen-bond acceptors (Lipinski definition) is 3. The van der Waals surface area contributed by atoms with Gasteiger partial charge in [0.25, 0.3) is 0 Å². The molecule has 4 nitrogen and oxygen atoms in total. The van der Waals surface area contributed by atoms with E-state index in [9.17, 15) is 15.0 Å². The van der Waals surface area contributed by atoms with Gasteiger partial charge in [0.2, 0.25) is 5.91 Å². The smallest absolute Gasteiger partial charge is 0.220 e. The van der Waals surface area contributed by atoms with E-state index in [1.165, 1.54) is 212 Å². The summed E-state index contributed by atoms with van der Waals surface area (Å²) in [4.78, 5) is 12.4. The number of aliphatic hydroxyl groups excluding tert-OH is 2. The lowest BCUT2D eigenvalue weighted by Gasteiger charge is -2.19. The average molecular weight is 812 g/mol. The first kappa shape index (κ1) is 56.4. The molecule has 0 radical (unpaired) electrons. The lowest BCUT2D eigenvalue weighted by atomic mass is 10.0. The number of hydrogen-bond donors (Lipinski definition) is 3. The first-order valence-corrected chi connectivity index (χ1v) is 25.9. The number of amides is 1. The molecule has 0 spiro atoms. The largest absolute Gasteiger partial charge is 0.394 e. The molecule has 0 saturated carbocycles. The van der Waals surface area contributed by atoms with E-state index in [1.54, 1.807) is 6.08 Å². The zero-order valence-electron chi connectivity index (χ0n) is 39.1. The Balaban J connectivity index is 3.59. The van der Waals surface area contributed by atoms with Crippen LogP contribution < -0.4 is 5.32 Å². The van der Waals surface area contributed by atoms with Crippen molar-refractivity contribution in [1.29, 1.82) is 0 Å². The molecule has 1 amide bonds. The molecular weight excluding hydrogens is 711 g/mol. The zero-order valence-corrected chi connectivity index (χ0v) is 39.1. The van der Waals surface area contributed by atoms with Crippen LogP contribution in [0.5, 0.6) is 0 Å². The molecule has 2 atom stereocenters. The highest BCUT2D eigenvalue weighted by molar-refractivity contribution is 5.76. The SMILES string of the molecule is CCCCCCCCCCCCCC/C=C\CCCCCCCCCC(=O)NC(CO)C(O)/C=C/CC/C=C/CC/C=C/CCCCCCCCCCCCCCC. The lowest BCUT2D eigenvalue weighted by Crippen LogP contribution is -2.45. The van der Waals surface area contributed by atoms with Crippen LogP contribution in [0.1, 0.15) is 271 Å². The second kappa shape index (κ2) is 49.7. The molecule has 0 aromatic heterocycles. The molecule has 0 aromatic carbocycles. The van der Waals surface area contributed by atoms with Gasteiger partial charge in [-0.15, -0.1) is 0 Å². The van der Waals surface area contributed by atoms with Crippen LogP contribution in [0.15, 0.2) is 48.6 Å². The standard InChI is InChI=1S/C54H101NO3/c1-3-5-7-9-11-13-15-17-19-21-23-25-27-29-31-33-35-37-39-41-43-45-47-49-53(57)52(51-56)55-54(58)50-48-46-44-42-40-38-36-34-32-30-28-26-24-22-20-18-16-14-12-10-8-6-4-2/h30-33,39,41,47,49,52-53,56-57H,3-29,34-38,40,42-46,48,50-51H2,1-2H3,(H,55,58)/b32-30-,33-31+,41-39+,49-47+. The van der Waals surface area contributed by atoms with E-state index >= 15 is 0 Å². The van der Waals surface area contributed by atoms with Gasteiger partial charge >= 0.3 is 0 Å². The summed E-state index contributed by atoms with van der Waals surface area (Å²) in [5.74, 6) is -0.0805. The number of nitrogens with one attached hydrogen (secondary N) is 1. The Kier molecular flexibility index (Phi) is 48.3. The van der Waals surface area contributed by atoms with Crippen molar-refractivity contribution in [2.75, 3.05) is 6.61 Å². The van der Waals surface area contributed by atoms with Gasteiger partial charge in [0.05, 0.1) is 18.8 Å². The quantitative estimate of drug-likeness (QED) is 0.0423. The van der Waals surface area contributed by atoms with Crippen LogP contribution in [0.25, 0.3) is 0 Å². The summed E-state index contributed by atoms with van der Waals surface area (Å²) in [5, 5.41) is 23.1. The first-order chi connectivity index (χ1) is 28.7. The van der Waals surface area contributed by atoms with Crippen molar-refractivity contribution in [2.24, 2.45) is 0 Å². The summed E-state index contributed by atoms with van der Waals surface area (Å²) < 4.78 is 0. The van der Waals surface area contributed by atoms with Crippen molar-refractivity contribution in [1.82, 2.24) is 5.32 Å². The van der Waals surface area contributed by atoms with Crippen molar-refractivity contribution in [3.8, 4) is 0 Å². The van der Waals surface area contributed by atoms with Gasteiger partial charge in [-0.25, -0.2) is 0 Å². The lowest BCUT2D eigenvalue weighted by molar-refractivity contribution is -0.123. The van der Waals surface area contributed by atoms with Gasteiger partial charge in [-0.1, -0.05) is 242 Å². The Hall–Kier alpha value is -1.65. The highest BCUT2D eigenvalue weighted by Gasteiger charge is 2.17. The summed E-state index contributed by atoms with van der Waals surface area (Å²) in [7, 11) is 0. The van der Waals surface area contributed by atoms with Gasteiger partial charge < -0.3 is 15.5 Å². The van der Waals surface area contributed by atoms with Crippen molar-refractivity contribution in [3.05, 3.63) is 48.6 Å². The highest BCUT2D eigenvalue weighted by Crippen LogP contribution is 2.15. The predicted octanol–water partition coefficient (Wildman–Crippen LogP) is 16.7. The fourth-order valence-electron chi connectivity index (χ4n) is 7.79. The van der Waals surface area contributed by atoms with E-state index < -0.39 is 12.1 Å². The topological polar surface area (TPSA) is 69.6 Å². The first-order valence-electron chi connectivity index (χ1n) is 25.9. The molecule has 0 heterocycles. The maximum absolute atomic E-state index is 12.4. The minimum atomic E-state index is -0.873. The average Bonchev–Trinajstić information content (AvgIpc) is 3.23. The number of carbonyl (C=O) groups is 1. The van der Waals surface area contributed by atoms with E-state index in [1.807, 2.05) is 6.08 Å². The molecule has 58 heavy (non-hydrogen) atoms. The molecule has 4 heteroatoms. The molecule has 0 saturated heterocycles. The number of unbranched alkanes of at least 4 members (excludes halogenated alkanes) is 34. The van der Waals surface area contributed by atoms with E-state index in [0.717, 1.165) is 38.5 Å². The minimum absolute atomic E-state index is 0.0805. The van der Waals surface area contributed by atoms with Crippen LogP contribution in [-0.2, 0) is 4.79 Å². The second-order valence-electron chi connectivity index (χ2n) is 17.6. The van der Waals surface area contributed by atoms with Gasteiger partial charge in [0.1, 0.15) is 0 Å². The van der Waals surface area contributed by atoms with E-state index in [-0.39, 0.29) is 12.5 Å². The molecule has 0 fully saturated rings. The summed E-state index contributed by atoms with van der Waals surface area (Å²) >= 11 is 0. The third-order valence-electron chi connectivity index (χ3n) is 11.8. The molecule has 3 N–H and O–H groups in total. The summed E-state index contributed by atoms with van der Waals surface area (Å²) in [6.07, 6.45) is 68.2. The van der Waals surface area contributed by atoms with Crippen molar-refractivity contribution < 1.29 is 15.0 Å². The third-order valence-corrected chi connectivity index (χ3v) is 11.8. The van der Waals surface area contributed by atoms with Gasteiger partial charge in [0.15, 0.2) is 0 Å². The Morgan fingerprint density at radius 3 is 1.00 bits per heavy atom. The Labute approximate surface area is 363 Å². The van der Waals surface area contributed by atoms with Gasteiger partial charge in [-0.05, 0) is 70.6 Å². The monoisotopic (exact) mass is 812 g/mol. The molecule has 0 aromatic rings. The van der Waals surface area contributed by atoms with E-state index in [4.69, 9.17) is 0 Å². The van der Waals surface area contributed by atoms with Crippen LogP contribution in [0.3, 0.4) is 0 Å². The number of rotatable bonds is 47. The predicted molar refractivity (Wildman–Crippen MR) is 258 cm³/mol. The van der Waals surface area contributed by atoms with Crippen molar-refractivity contribution >= 4 is 5.91 Å². The molecule has 2 unspecified atom stereocenters. The van der Waals surface area contributed by atoms with E-state index in [0.29, 0.717) is 6.42 Å². The van der Waals surface area contributed by atoms with Gasteiger partial charge in [-0.3, -0.25) is 4.79 Å². The molecule has 0 aliphatic carbocycles. The van der Waals surface area contributed by atoms with Crippen LogP contribution >= 0.6 is 0 Å². The van der Waals surface area contributed by atoms with Crippen LogP contribution in [0.2, 0.25) is 0 Å². The van der Waals surface area contributed by atoms with Crippen LogP contribution in [0, 0.1) is 0 Å². The fraction of sp³-hybridized carbons (Fsp3) is 0.833. The van der Waals surface area contributed by atoms with Gasteiger partial charge in [0, 0.05) is 6.42 Å². The number of carbonyl (C=O) groups excluding carboxylic acids is 1. The Morgan fingerprint density at radius 2 is 0.672 bits per heavy atom. The van der Waals surface area contributed by atoms with E-state index in [2.05, 4.69) is 55.6 Å². The highest BCUT2D eigenvalue weighted by atomic mass is 16.3. The Morgan fingerprint density at radius 1 is 0.397 bits per heavy atom. The summed E-state index contributed by atoms with van der Waals surface area (Å²) in [6.45, 7) is 4.31. The minimum Gasteiger partial charge on any atom is -0.394 e. The normalized spacial score (nSPS) is 13.2. The molecule has 340 valence electrons. The molecule has 0 aliphatic rings. The maximum atomic E-state index is 12.4. The zero-order chi connectivity index (χ0) is 42.1. The maximum Gasteiger partial charge on any atom is 0.220 e. The van der Waals surface area contributed by atoms with Crippen LogP contribution in [-0.4, -0.2) is 34.9 Å². The molecule has 0 aliphatic heterocycles. The third kappa shape index (κ3) is 45.4.